The second kappa shape index (κ2) is 8.10. The normalized spacial score (nSPS) is 15.5. The summed E-state index contributed by atoms with van der Waals surface area (Å²) in [5, 5.41) is 0. The SMILES string of the molecule is COc1cccc(C(=O)N2CCN(S(=O)(=O)c3cc(C)sc3C)CC2)c1OC. The number of amides is 1. The summed E-state index contributed by atoms with van der Waals surface area (Å²) in [6.45, 7) is 4.87. The van der Waals surface area contributed by atoms with Crippen molar-refractivity contribution in [3.8, 4) is 11.5 Å². The fraction of sp³-hybridized carbons (Fsp3) is 0.421. The predicted molar refractivity (Wildman–Crippen MR) is 108 cm³/mol. The van der Waals surface area contributed by atoms with E-state index < -0.39 is 10.0 Å². The van der Waals surface area contributed by atoms with E-state index >= 15 is 0 Å². The van der Waals surface area contributed by atoms with Crippen LogP contribution in [0.3, 0.4) is 0 Å². The summed E-state index contributed by atoms with van der Waals surface area (Å²) in [6.07, 6.45) is 0. The summed E-state index contributed by atoms with van der Waals surface area (Å²) >= 11 is 1.47. The lowest BCUT2D eigenvalue weighted by Crippen LogP contribution is -2.50. The van der Waals surface area contributed by atoms with E-state index in [1.165, 1.54) is 29.9 Å². The van der Waals surface area contributed by atoms with Gasteiger partial charge in [0.2, 0.25) is 10.0 Å². The molecule has 1 aromatic carbocycles. The topological polar surface area (TPSA) is 76.2 Å². The number of carbonyl (C=O) groups is 1. The number of aryl methyl sites for hydroxylation is 2. The van der Waals surface area contributed by atoms with Crippen LogP contribution in [0.15, 0.2) is 29.2 Å². The van der Waals surface area contributed by atoms with E-state index in [-0.39, 0.29) is 19.0 Å². The third-order valence-electron chi connectivity index (χ3n) is 4.77. The first-order valence-corrected chi connectivity index (χ1v) is 11.1. The Kier molecular flexibility index (Phi) is 5.97. The molecule has 1 fully saturated rings. The highest BCUT2D eigenvalue weighted by Gasteiger charge is 2.33. The molecule has 1 aliphatic rings. The lowest BCUT2D eigenvalue weighted by molar-refractivity contribution is 0.0694. The van der Waals surface area contributed by atoms with Crippen LogP contribution in [0.25, 0.3) is 0 Å². The molecular formula is C19H24N2O5S2. The molecule has 0 radical (unpaired) electrons. The van der Waals surface area contributed by atoms with Crippen LogP contribution in [0, 0.1) is 13.8 Å². The first-order valence-electron chi connectivity index (χ1n) is 8.87. The molecule has 9 heteroatoms. The van der Waals surface area contributed by atoms with Gasteiger partial charge in [0.15, 0.2) is 11.5 Å². The Morgan fingerprint density at radius 2 is 1.75 bits per heavy atom. The van der Waals surface area contributed by atoms with Crippen LogP contribution < -0.4 is 9.47 Å². The Hall–Kier alpha value is -2.10. The van der Waals surface area contributed by atoms with Gasteiger partial charge in [-0.2, -0.15) is 4.31 Å². The number of carbonyl (C=O) groups excluding carboxylic acids is 1. The van der Waals surface area contributed by atoms with Gasteiger partial charge < -0.3 is 14.4 Å². The van der Waals surface area contributed by atoms with Gasteiger partial charge in [-0.05, 0) is 32.0 Å². The van der Waals surface area contributed by atoms with Gasteiger partial charge in [-0.25, -0.2) is 8.42 Å². The van der Waals surface area contributed by atoms with Crippen molar-refractivity contribution in [1.82, 2.24) is 9.21 Å². The number of methoxy groups -OCH3 is 2. The van der Waals surface area contributed by atoms with Gasteiger partial charge in [-0.1, -0.05) is 6.07 Å². The van der Waals surface area contributed by atoms with E-state index in [0.717, 1.165) is 9.75 Å². The molecule has 1 aromatic heterocycles. The molecule has 7 nitrogen and oxygen atoms in total. The fourth-order valence-corrected chi connectivity index (χ4v) is 6.31. The van der Waals surface area contributed by atoms with Gasteiger partial charge >= 0.3 is 0 Å². The number of sulfonamides is 1. The van der Waals surface area contributed by atoms with Crippen molar-refractivity contribution in [1.29, 1.82) is 0 Å². The van der Waals surface area contributed by atoms with Gasteiger partial charge in [-0.3, -0.25) is 4.79 Å². The zero-order chi connectivity index (χ0) is 20.5. The molecule has 28 heavy (non-hydrogen) atoms. The zero-order valence-electron chi connectivity index (χ0n) is 16.4. The highest BCUT2D eigenvalue weighted by atomic mass is 32.2. The summed E-state index contributed by atoms with van der Waals surface area (Å²) in [7, 11) is -0.540. The summed E-state index contributed by atoms with van der Waals surface area (Å²) in [5.74, 6) is 0.669. The summed E-state index contributed by atoms with van der Waals surface area (Å²) in [4.78, 5) is 16.7. The average Bonchev–Trinajstić information content (AvgIpc) is 3.05. The molecule has 1 aliphatic heterocycles. The Morgan fingerprint density at radius 3 is 2.29 bits per heavy atom. The number of piperazine rings is 1. The fourth-order valence-electron chi connectivity index (χ4n) is 3.36. The van der Waals surface area contributed by atoms with Crippen LogP contribution in [-0.4, -0.2) is 63.9 Å². The van der Waals surface area contributed by atoms with Crippen molar-refractivity contribution < 1.29 is 22.7 Å². The van der Waals surface area contributed by atoms with Gasteiger partial charge in [0.1, 0.15) is 0 Å². The number of para-hydroxylation sites is 1. The van der Waals surface area contributed by atoms with Crippen molar-refractivity contribution in [3.05, 3.63) is 39.6 Å². The lowest BCUT2D eigenvalue weighted by atomic mass is 10.1. The van der Waals surface area contributed by atoms with Crippen LogP contribution in [0.1, 0.15) is 20.1 Å². The van der Waals surface area contributed by atoms with Gasteiger partial charge in [-0.15, -0.1) is 11.3 Å². The second-order valence-electron chi connectivity index (χ2n) is 6.51. The molecule has 0 bridgehead atoms. The molecule has 0 unspecified atom stereocenters. The largest absolute Gasteiger partial charge is 0.493 e. The Morgan fingerprint density at radius 1 is 1.07 bits per heavy atom. The molecule has 1 amide bonds. The van der Waals surface area contributed by atoms with Crippen LogP contribution >= 0.6 is 11.3 Å². The maximum Gasteiger partial charge on any atom is 0.257 e. The van der Waals surface area contributed by atoms with Crippen LogP contribution in [0.5, 0.6) is 11.5 Å². The minimum atomic E-state index is -3.55. The number of nitrogens with zero attached hydrogens (tertiary/aromatic N) is 2. The summed E-state index contributed by atoms with van der Waals surface area (Å²) in [5.41, 5.74) is 0.405. The van der Waals surface area contributed by atoms with Crippen LogP contribution in [0.2, 0.25) is 0 Å². The van der Waals surface area contributed by atoms with Crippen molar-refractivity contribution in [2.45, 2.75) is 18.7 Å². The predicted octanol–water partition coefficient (Wildman–Crippen LogP) is 2.53. The molecule has 0 aliphatic carbocycles. The number of hydrogen-bond acceptors (Lipinski definition) is 6. The molecule has 2 aromatic rings. The first kappa shape index (κ1) is 20.6. The highest BCUT2D eigenvalue weighted by Crippen LogP contribution is 2.32. The lowest BCUT2D eigenvalue weighted by Gasteiger charge is -2.34. The van der Waals surface area contributed by atoms with Crippen molar-refractivity contribution >= 4 is 27.3 Å². The highest BCUT2D eigenvalue weighted by molar-refractivity contribution is 7.89. The monoisotopic (exact) mass is 424 g/mol. The number of benzene rings is 1. The summed E-state index contributed by atoms with van der Waals surface area (Å²) in [6, 6.07) is 6.86. The molecule has 3 rings (SSSR count). The van der Waals surface area contributed by atoms with E-state index in [1.54, 1.807) is 29.2 Å². The standard InChI is InChI=1S/C19H24N2O5S2/c1-13-12-17(14(2)27-13)28(23,24)21-10-8-20(9-11-21)19(22)15-6-5-7-16(25-3)18(15)26-4/h5-7,12H,8-11H2,1-4H3. The molecule has 1 saturated heterocycles. The van der Waals surface area contributed by atoms with E-state index in [2.05, 4.69) is 0 Å². The van der Waals surface area contributed by atoms with E-state index in [1.807, 2.05) is 13.8 Å². The molecule has 0 saturated carbocycles. The summed E-state index contributed by atoms with van der Waals surface area (Å²) < 4.78 is 37.9. The van der Waals surface area contributed by atoms with Crippen molar-refractivity contribution in [3.63, 3.8) is 0 Å². The maximum absolute atomic E-state index is 13.0. The van der Waals surface area contributed by atoms with Gasteiger partial charge in [0.05, 0.1) is 24.7 Å². The third kappa shape index (κ3) is 3.74. The Labute approximate surface area is 169 Å². The van der Waals surface area contributed by atoms with Gasteiger partial charge in [0.25, 0.3) is 5.91 Å². The average molecular weight is 425 g/mol. The minimum Gasteiger partial charge on any atom is -0.493 e. The molecule has 2 heterocycles. The van der Waals surface area contributed by atoms with Crippen LogP contribution in [0.4, 0.5) is 0 Å². The van der Waals surface area contributed by atoms with Gasteiger partial charge in [0, 0.05) is 35.9 Å². The number of thiophene rings is 1. The van der Waals surface area contributed by atoms with Crippen molar-refractivity contribution in [2.24, 2.45) is 0 Å². The number of ether oxygens (including phenoxy) is 2. The smallest absolute Gasteiger partial charge is 0.257 e. The molecule has 0 N–H and O–H groups in total. The quantitative estimate of drug-likeness (QED) is 0.737. The Balaban J connectivity index is 1.76. The number of hydrogen-bond donors (Lipinski definition) is 0. The van der Waals surface area contributed by atoms with E-state index in [4.69, 9.17) is 9.47 Å². The van der Waals surface area contributed by atoms with E-state index in [0.29, 0.717) is 35.0 Å². The third-order valence-corrected chi connectivity index (χ3v) is 7.89. The number of rotatable bonds is 5. The molecule has 152 valence electrons. The van der Waals surface area contributed by atoms with E-state index in [9.17, 15) is 13.2 Å². The second-order valence-corrected chi connectivity index (χ2v) is 9.88. The zero-order valence-corrected chi connectivity index (χ0v) is 18.0. The van der Waals surface area contributed by atoms with Crippen molar-refractivity contribution in [2.75, 3.05) is 40.4 Å². The molecule has 0 spiro atoms. The van der Waals surface area contributed by atoms with Crippen LogP contribution in [-0.2, 0) is 10.0 Å². The molecular weight excluding hydrogens is 400 g/mol. The first-order chi connectivity index (χ1) is 13.3. The minimum absolute atomic E-state index is 0.199. The Bertz CT molecular complexity index is 976. The molecule has 0 atom stereocenters. The maximum atomic E-state index is 13.0.